The van der Waals surface area contributed by atoms with Crippen molar-refractivity contribution in [2.75, 3.05) is 20.3 Å². The maximum atomic E-state index is 10.00. The number of carboxylic acid groups (broad SMARTS) is 1. The summed E-state index contributed by atoms with van der Waals surface area (Å²) in [5.74, 6) is 1.38. The van der Waals surface area contributed by atoms with Crippen LogP contribution in [0.25, 0.3) is 0 Å². The third kappa shape index (κ3) is 4.21. The smallest absolute Gasteiger partial charge is 0.497 e. The molecule has 15 heavy (non-hydrogen) atoms. The highest BCUT2D eigenvalue weighted by Gasteiger charge is 1.97. The van der Waals surface area contributed by atoms with E-state index in [1.807, 2.05) is 0 Å². The van der Waals surface area contributed by atoms with E-state index in [2.05, 4.69) is 4.74 Å². The van der Waals surface area contributed by atoms with Gasteiger partial charge in [-0.1, -0.05) is 0 Å². The van der Waals surface area contributed by atoms with Crippen molar-refractivity contribution in [3.05, 3.63) is 24.3 Å². The monoisotopic (exact) mass is 212 g/mol. The summed E-state index contributed by atoms with van der Waals surface area (Å²) >= 11 is 0. The van der Waals surface area contributed by atoms with E-state index in [1.54, 1.807) is 31.4 Å². The number of rotatable bonds is 5. The normalized spacial score (nSPS) is 9.40. The maximum absolute atomic E-state index is 10.00. The first-order valence-electron chi connectivity index (χ1n) is 4.35. The van der Waals surface area contributed by atoms with Crippen molar-refractivity contribution >= 4 is 6.16 Å². The summed E-state index contributed by atoms with van der Waals surface area (Å²) in [6.07, 6.45) is -1.30. The van der Waals surface area contributed by atoms with Crippen molar-refractivity contribution in [2.24, 2.45) is 0 Å². The van der Waals surface area contributed by atoms with Crippen LogP contribution in [0.4, 0.5) is 4.79 Å². The minimum atomic E-state index is -1.30. The maximum Gasteiger partial charge on any atom is 0.505 e. The molecule has 5 nitrogen and oxygen atoms in total. The Balaban J connectivity index is 2.28. The van der Waals surface area contributed by atoms with E-state index < -0.39 is 6.16 Å². The van der Waals surface area contributed by atoms with Gasteiger partial charge in [0, 0.05) is 0 Å². The predicted molar refractivity (Wildman–Crippen MR) is 52.5 cm³/mol. The zero-order chi connectivity index (χ0) is 11.1. The highest BCUT2D eigenvalue weighted by molar-refractivity contribution is 5.56. The SMILES string of the molecule is COc1ccc(OCCOC(=O)O)cc1. The topological polar surface area (TPSA) is 65.0 Å². The van der Waals surface area contributed by atoms with Gasteiger partial charge in [-0.15, -0.1) is 0 Å². The van der Waals surface area contributed by atoms with Crippen LogP contribution in [0.15, 0.2) is 24.3 Å². The van der Waals surface area contributed by atoms with Crippen LogP contribution in [-0.2, 0) is 4.74 Å². The summed E-state index contributed by atoms with van der Waals surface area (Å²) in [5.41, 5.74) is 0. The molecular formula is C10H12O5. The first kappa shape index (κ1) is 11.2. The molecule has 0 fully saturated rings. The summed E-state index contributed by atoms with van der Waals surface area (Å²) in [7, 11) is 1.58. The lowest BCUT2D eigenvalue weighted by Crippen LogP contribution is -2.09. The molecule has 0 aliphatic rings. The summed E-state index contributed by atoms with van der Waals surface area (Å²) in [6.45, 7) is 0.208. The van der Waals surface area contributed by atoms with Gasteiger partial charge in [0.15, 0.2) is 0 Å². The summed E-state index contributed by atoms with van der Waals surface area (Å²) in [5, 5.41) is 8.18. The fourth-order valence-electron chi connectivity index (χ4n) is 0.960. The molecule has 0 amide bonds. The molecule has 0 radical (unpaired) electrons. The number of carbonyl (C=O) groups is 1. The molecule has 0 aliphatic carbocycles. The quantitative estimate of drug-likeness (QED) is 0.595. The molecule has 82 valence electrons. The molecule has 1 aromatic rings. The van der Waals surface area contributed by atoms with Crippen molar-refractivity contribution in [2.45, 2.75) is 0 Å². The molecule has 1 N–H and O–H groups in total. The lowest BCUT2D eigenvalue weighted by molar-refractivity contribution is 0.0781. The van der Waals surface area contributed by atoms with Gasteiger partial charge in [0.05, 0.1) is 7.11 Å². The van der Waals surface area contributed by atoms with Crippen molar-refractivity contribution in [1.29, 1.82) is 0 Å². The van der Waals surface area contributed by atoms with Gasteiger partial charge >= 0.3 is 6.16 Å². The number of ether oxygens (including phenoxy) is 3. The molecule has 0 heterocycles. The third-order valence-electron chi connectivity index (χ3n) is 1.64. The Morgan fingerprint density at radius 1 is 1.20 bits per heavy atom. The van der Waals surface area contributed by atoms with Crippen molar-refractivity contribution < 1.29 is 24.1 Å². The molecule has 0 saturated heterocycles. The van der Waals surface area contributed by atoms with Crippen LogP contribution in [0.3, 0.4) is 0 Å². The highest BCUT2D eigenvalue weighted by Crippen LogP contribution is 2.16. The lowest BCUT2D eigenvalue weighted by atomic mass is 10.3. The Morgan fingerprint density at radius 3 is 2.33 bits per heavy atom. The number of hydrogen-bond acceptors (Lipinski definition) is 4. The molecule has 1 rings (SSSR count). The van der Waals surface area contributed by atoms with E-state index in [-0.39, 0.29) is 13.2 Å². The summed E-state index contributed by atoms with van der Waals surface area (Å²) in [4.78, 5) is 10.00. The van der Waals surface area contributed by atoms with Crippen LogP contribution in [-0.4, -0.2) is 31.6 Å². The Morgan fingerprint density at radius 2 is 1.80 bits per heavy atom. The Kier molecular flexibility index (Phi) is 4.28. The third-order valence-corrected chi connectivity index (χ3v) is 1.64. The average molecular weight is 212 g/mol. The molecule has 1 aromatic carbocycles. The molecule has 0 unspecified atom stereocenters. The molecule has 0 bridgehead atoms. The molecule has 5 heteroatoms. The van der Waals surface area contributed by atoms with Crippen molar-refractivity contribution in [3.8, 4) is 11.5 Å². The molecule has 0 aromatic heterocycles. The first-order valence-corrected chi connectivity index (χ1v) is 4.35. The number of methoxy groups -OCH3 is 1. The number of benzene rings is 1. The summed E-state index contributed by atoms with van der Waals surface area (Å²) < 4.78 is 14.5. The van der Waals surface area contributed by atoms with Gasteiger partial charge in [0.1, 0.15) is 24.7 Å². The van der Waals surface area contributed by atoms with E-state index in [1.165, 1.54) is 0 Å². The van der Waals surface area contributed by atoms with Crippen LogP contribution in [0, 0.1) is 0 Å². The zero-order valence-electron chi connectivity index (χ0n) is 8.30. The number of hydrogen-bond donors (Lipinski definition) is 1. The molecular weight excluding hydrogens is 200 g/mol. The van der Waals surface area contributed by atoms with Crippen LogP contribution < -0.4 is 9.47 Å². The van der Waals surface area contributed by atoms with E-state index >= 15 is 0 Å². The second-order valence-electron chi connectivity index (χ2n) is 2.64. The van der Waals surface area contributed by atoms with Gasteiger partial charge < -0.3 is 19.3 Å². The zero-order valence-corrected chi connectivity index (χ0v) is 8.30. The minimum absolute atomic E-state index is 0.0152. The van der Waals surface area contributed by atoms with E-state index in [0.717, 1.165) is 5.75 Å². The van der Waals surface area contributed by atoms with Crippen molar-refractivity contribution in [3.63, 3.8) is 0 Å². The standard InChI is InChI=1S/C10H12O5/c1-13-8-2-4-9(5-3-8)14-6-7-15-10(11)12/h2-5H,6-7H2,1H3,(H,11,12). The first-order chi connectivity index (χ1) is 7.22. The van der Waals surface area contributed by atoms with Gasteiger partial charge in [0.2, 0.25) is 0 Å². The second-order valence-corrected chi connectivity index (χ2v) is 2.64. The highest BCUT2D eigenvalue weighted by atomic mass is 16.7. The van der Waals surface area contributed by atoms with Crippen LogP contribution in [0.2, 0.25) is 0 Å². The van der Waals surface area contributed by atoms with Gasteiger partial charge in [-0.05, 0) is 24.3 Å². The van der Waals surface area contributed by atoms with Crippen LogP contribution >= 0.6 is 0 Å². The second kappa shape index (κ2) is 5.74. The van der Waals surface area contributed by atoms with Gasteiger partial charge in [0.25, 0.3) is 0 Å². The predicted octanol–water partition coefficient (Wildman–Crippen LogP) is 1.77. The lowest BCUT2D eigenvalue weighted by Gasteiger charge is -2.06. The van der Waals surface area contributed by atoms with E-state index in [9.17, 15) is 4.79 Å². The van der Waals surface area contributed by atoms with Crippen LogP contribution in [0.5, 0.6) is 11.5 Å². The Hall–Kier alpha value is -1.91. The van der Waals surface area contributed by atoms with Crippen LogP contribution in [0.1, 0.15) is 0 Å². The Labute approximate surface area is 87.2 Å². The minimum Gasteiger partial charge on any atom is -0.497 e. The van der Waals surface area contributed by atoms with Gasteiger partial charge in [-0.3, -0.25) is 0 Å². The summed E-state index contributed by atoms with van der Waals surface area (Å²) in [6, 6.07) is 6.99. The van der Waals surface area contributed by atoms with E-state index in [4.69, 9.17) is 14.6 Å². The molecule has 0 saturated carbocycles. The van der Waals surface area contributed by atoms with Gasteiger partial charge in [-0.25, -0.2) is 4.79 Å². The van der Waals surface area contributed by atoms with Crippen molar-refractivity contribution in [1.82, 2.24) is 0 Å². The van der Waals surface area contributed by atoms with E-state index in [0.29, 0.717) is 5.75 Å². The van der Waals surface area contributed by atoms with Gasteiger partial charge in [-0.2, -0.15) is 0 Å². The average Bonchev–Trinajstić information content (AvgIpc) is 2.25. The molecule has 0 aliphatic heterocycles. The fraction of sp³-hybridized carbons (Fsp3) is 0.300. The molecule has 0 spiro atoms. The Bertz CT molecular complexity index is 306. The fourth-order valence-corrected chi connectivity index (χ4v) is 0.960. The largest absolute Gasteiger partial charge is 0.505 e. The molecule has 0 atom stereocenters.